The first-order chi connectivity index (χ1) is 16.5. The molecule has 0 unspecified atom stereocenters. The van der Waals surface area contributed by atoms with Crippen LogP contribution in [0, 0.1) is 27.7 Å². The first kappa shape index (κ1) is 24.3. The third kappa shape index (κ3) is 4.87. The van der Waals surface area contributed by atoms with Crippen LogP contribution in [-0.4, -0.2) is 40.1 Å². The molecular formula is C26H25N3O5S. The largest absolute Gasteiger partial charge is 0.507 e. The fourth-order valence-corrected chi connectivity index (χ4v) is 4.62. The Morgan fingerprint density at radius 2 is 1.17 bits per heavy atom. The van der Waals surface area contributed by atoms with Crippen LogP contribution in [0.15, 0.2) is 53.4 Å². The number of benzene rings is 3. The normalized spacial score (nSPS) is 11.5. The number of aryl methyl sites for hydroxylation is 4. The molecule has 0 spiro atoms. The van der Waals surface area contributed by atoms with Crippen molar-refractivity contribution in [3.05, 3.63) is 70.8 Å². The number of ether oxygens (including phenoxy) is 1. The molecule has 9 heteroatoms. The van der Waals surface area contributed by atoms with Crippen molar-refractivity contribution in [2.24, 2.45) is 0 Å². The number of phenolic OH excluding ortho intramolecular Hbond substituents is 1. The van der Waals surface area contributed by atoms with Crippen molar-refractivity contribution in [1.82, 2.24) is 15.0 Å². The molecule has 180 valence electrons. The zero-order valence-electron chi connectivity index (χ0n) is 20.0. The summed E-state index contributed by atoms with van der Waals surface area (Å²) in [6.07, 6.45) is 0. The summed E-state index contributed by atoms with van der Waals surface area (Å²) in [5, 5.41) is 10.7. The highest BCUT2D eigenvalue weighted by molar-refractivity contribution is 7.86. The van der Waals surface area contributed by atoms with Crippen LogP contribution in [0.4, 0.5) is 0 Å². The molecule has 8 nitrogen and oxygen atoms in total. The van der Waals surface area contributed by atoms with Gasteiger partial charge in [-0.3, -0.25) is 4.55 Å². The standard InChI is InChI=1S/C26H25N3O5S/c1-14-6-8-18(16(3)10-14)24-27-25(19-9-7-15(2)11-17(19)4)29-26(28-24)20-12-23(35(31,32)33)22(34-5)13-21(20)30/h6-13,30H,1-5H3,(H,31,32,33). The molecule has 0 bridgehead atoms. The number of rotatable bonds is 5. The number of nitrogens with zero attached hydrogens (tertiary/aromatic N) is 3. The molecule has 2 N–H and O–H groups in total. The van der Waals surface area contributed by atoms with E-state index >= 15 is 0 Å². The minimum absolute atomic E-state index is 0.0119. The Morgan fingerprint density at radius 3 is 1.57 bits per heavy atom. The predicted molar refractivity (Wildman–Crippen MR) is 133 cm³/mol. The lowest BCUT2D eigenvalue weighted by atomic mass is 10.0. The lowest BCUT2D eigenvalue weighted by molar-refractivity contribution is 0.392. The van der Waals surface area contributed by atoms with E-state index in [1.54, 1.807) is 0 Å². The monoisotopic (exact) mass is 491 g/mol. The average Bonchev–Trinajstić information content (AvgIpc) is 2.77. The fourth-order valence-electron chi connectivity index (χ4n) is 3.96. The lowest BCUT2D eigenvalue weighted by Gasteiger charge is -2.14. The van der Waals surface area contributed by atoms with Crippen LogP contribution in [-0.2, 0) is 10.1 Å². The maximum atomic E-state index is 12.0. The molecule has 1 heterocycles. The molecule has 0 aliphatic carbocycles. The van der Waals surface area contributed by atoms with E-state index in [0.717, 1.165) is 45.5 Å². The van der Waals surface area contributed by atoms with E-state index in [4.69, 9.17) is 9.72 Å². The molecule has 3 aromatic carbocycles. The second-order valence-electron chi connectivity index (χ2n) is 8.44. The number of hydrogen-bond donors (Lipinski definition) is 2. The third-order valence-corrected chi connectivity index (χ3v) is 6.56. The van der Waals surface area contributed by atoms with Crippen LogP contribution >= 0.6 is 0 Å². The summed E-state index contributed by atoms with van der Waals surface area (Å²) in [6.45, 7) is 7.87. The van der Waals surface area contributed by atoms with E-state index in [-0.39, 0.29) is 22.9 Å². The van der Waals surface area contributed by atoms with Gasteiger partial charge in [0.05, 0.1) is 12.7 Å². The minimum atomic E-state index is -4.65. The summed E-state index contributed by atoms with van der Waals surface area (Å²) in [7, 11) is -3.41. The molecule has 0 aliphatic heterocycles. The Labute approximate surface area is 204 Å². The molecule has 4 aromatic rings. The minimum Gasteiger partial charge on any atom is -0.507 e. The molecule has 0 atom stereocenters. The van der Waals surface area contributed by atoms with Gasteiger partial charge in [-0.05, 0) is 44.9 Å². The van der Waals surface area contributed by atoms with Crippen LogP contribution in [0.25, 0.3) is 34.2 Å². The van der Waals surface area contributed by atoms with Gasteiger partial charge in [-0.15, -0.1) is 0 Å². The second kappa shape index (κ2) is 9.09. The summed E-state index contributed by atoms with van der Waals surface area (Å²) < 4.78 is 38.7. The van der Waals surface area contributed by atoms with Gasteiger partial charge in [0.1, 0.15) is 16.4 Å². The number of aromatic hydroxyl groups is 1. The van der Waals surface area contributed by atoms with Crippen molar-refractivity contribution >= 4 is 10.1 Å². The highest BCUT2D eigenvalue weighted by Crippen LogP contribution is 2.37. The van der Waals surface area contributed by atoms with Crippen LogP contribution in [0.3, 0.4) is 0 Å². The molecule has 0 fully saturated rings. The van der Waals surface area contributed by atoms with Gasteiger partial charge in [0, 0.05) is 17.2 Å². The maximum Gasteiger partial charge on any atom is 0.298 e. The quantitative estimate of drug-likeness (QED) is 0.371. The molecule has 4 rings (SSSR count). The van der Waals surface area contributed by atoms with Gasteiger partial charge in [0.15, 0.2) is 17.5 Å². The average molecular weight is 492 g/mol. The van der Waals surface area contributed by atoms with Gasteiger partial charge in [-0.25, -0.2) is 15.0 Å². The fraction of sp³-hybridized carbons (Fsp3) is 0.192. The van der Waals surface area contributed by atoms with Crippen molar-refractivity contribution in [3.8, 4) is 45.7 Å². The van der Waals surface area contributed by atoms with Gasteiger partial charge in [-0.1, -0.05) is 47.5 Å². The summed E-state index contributed by atoms with van der Waals surface area (Å²) in [5.74, 6) is 0.276. The second-order valence-corrected chi connectivity index (χ2v) is 9.83. The molecule has 1 aromatic heterocycles. The summed E-state index contributed by atoms with van der Waals surface area (Å²) in [4.78, 5) is 13.4. The van der Waals surface area contributed by atoms with Crippen LogP contribution < -0.4 is 4.74 Å². The number of methoxy groups -OCH3 is 1. The Balaban J connectivity index is 2.04. The first-order valence-corrected chi connectivity index (χ1v) is 12.2. The Bertz CT molecular complexity index is 1500. The van der Waals surface area contributed by atoms with Crippen molar-refractivity contribution in [3.63, 3.8) is 0 Å². The van der Waals surface area contributed by atoms with E-state index in [1.807, 2.05) is 64.1 Å². The van der Waals surface area contributed by atoms with Crippen LogP contribution in [0.5, 0.6) is 11.5 Å². The Hall–Kier alpha value is -3.82. The summed E-state index contributed by atoms with van der Waals surface area (Å²) in [5.41, 5.74) is 5.62. The van der Waals surface area contributed by atoms with E-state index < -0.39 is 15.0 Å². The zero-order valence-corrected chi connectivity index (χ0v) is 20.8. The van der Waals surface area contributed by atoms with E-state index in [1.165, 1.54) is 7.11 Å². The molecule has 0 saturated carbocycles. The van der Waals surface area contributed by atoms with E-state index in [0.29, 0.717) is 11.6 Å². The van der Waals surface area contributed by atoms with Crippen molar-refractivity contribution in [2.75, 3.05) is 7.11 Å². The molecule has 0 radical (unpaired) electrons. The maximum absolute atomic E-state index is 12.0. The highest BCUT2D eigenvalue weighted by atomic mass is 32.2. The van der Waals surface area contributed by atoms with Crippen molar-refractivity contribution in [1.29, 1.82) is 0 Å². The predicted octanol–water partition coefficient (Wildman–Crippen LogP) is 5.07. The molecular weight excluding hydrogens is 466 g/mol. The van der Waals surface area contributed by atoms with Crippen molar-refractivity contribution < 1.29 is 22.8 Å². The Kier molecular flexibility index (Phi) is 6.31. The van der Waals surface area contributed by atoms with Gasteiger partial charge in [0.2, 0.25) is 0 Å². The molecule has 35 heavy (non-hydrogen) atoms. The number of aromatic nitrogens is 3. The zero-order chi connectivity index (χ0) is 25.5. The third-order valence-electron chi connectivity index (χ3n) is 5.68. The lowest BCUT2D eigenvalue weighted by Crippen LogP contribution is -2.05. The molecule has 0 saturated heterocycles. The van der Waals surface area contributed by atoms with E-state index in [2.05, 4.69) is 9.97 Å². The van der Waals surface area contributed by atoms with Gasteiger partial charge in [-0.2, -0.15) is 8.42 Å². The van der Waals surface area contributed by atoms with Crippen LogP contribution in [0.1, 0.15) is 22.3 Å². The first-order valence-electron chi connectivity index (χ1n) is 10.8. The Morgan fingerprint density at radius 1 is 0.714 bits per heavy atom. The SMILES string of the molecule is COc1cc(O)c(-c2nc(-c3ccc(C)cc3C)nc(-c3ccc(C)cc3C)n2)cc1S(=O)(=O)O. The summed E-state index contributed by atoms with van der Waals surface area (Å²) in [6, 6.07) is 13.9. The molecule has 0 amide bonds. The highest BCUT2D eigenvalue weighted by Gasteiger charge is 2.23. The smallest absolute Gasteiger partial charge is 0.298 e. The summed E-state index contributed by atoms with van der Waals surface area (Å²) >= 11 is 0. The molecule has 0 aliphatic rings. The van der Waals surface area contributed by atoms with E-state index in [9.17, 15) is 18.1 Å². The van der Waals surface area contributed by atoms with Gasteiger partial charge < -0.3 is 9.84 Å². The number of phenols is 1. The van der Waals surface area contributed by atoms with Gasteiger partial charge >= 0.3 is 0 Å². The topological polar surface area (TPSA) is 122 Å². The van der Waals surface area contributed by atoms with Gasteiger partial charge in [0.25, 0.3) is 10.1 Å². The number of hydrogen-bond acceptors (Lipinski definition) is 7. The van der Waals surface area contributed by atoms with Crippen molar-refractivity contribution in [2.45, 2.75) is 32.6 Å². The van der Waals surface area contributed by atoms with Crippen LogP contribution in [0.2, 0.25) is 0 Å².